The highest BCUT2D eigenvalue weighted by Gasteiger charge is 2.28. The highest BCUT2D eigenvalue weighted by molar-refractivity contribution is 5.87. The molecule has 1 fully saturated rings. The Morgan fingerprint density at radius 2 is 1.62 bits per heavy atom. The van der Waals surface area contributed by atoms with E-state index in [1.807, 2.05) is 0 Å². The third-order valence-corrected chi connectivity index (χ3v) is 6.26. The van der Waals surface area contributed by atoms with E-state index < -0.39 is 0 Å². The number of carbonyl (C=O) groups is 2. The maximum Gasteiger partial charge on any atom is 0.331 e. The van der Waals surface area contributed by atoms with E-state index in [0.29, 0.717) is 11.8 Å². The molecule has 5 heteroatoms. The average Bonchev–Trinajstić information content (AvgIpc) is 2.76. The lowest BCUT2D eigenvalue weighted by Gasteiger charge is -2.35. The van der Waals surface area contributed by atoms with Crippen molar-refractivity contribution < 1.29 is 19.4 Å². The second kappa shape index (κ2) is 14.8. The van der Waals surface area contributed by atoms with Crippen LogP contribution in [0.15, 0.2) is 30.3 Å². The number of phenolic OH excluding ortho intramolecular Hbond substituents is 1. The molecule has 1 saturated heterocycles. The number of phenols is 1. The van der Waals surface area contributed by atoms with Gasteiger partial charge in [-0.1, -0.05) is 57.1 Å². The fraction of sp³-hybridized carbons (Fsp3) is 0.630. The van der Waals surface area contributed by atoms with E-state index in [0.717, 1.165) is 31.2 Å². The lowest BCUT2D eigenvalue weighted by atomic mass is 9.93. The molecule has 0 saturated carbocycles. The molecule has 178 valence electrons. The van der Waals surface area contributed by atoms with Crippen LogP contribution in [0.1, 0.15) is 96.5 Å². The average molecular weight is 444 g/mol. The molecule has 32 heavy (non-hydrogen) atoms. The van der Waals surface area contributed by atoms with Gasteiger partial charge in [-0.15, -0.1) is 0 Å². The summed E-state index contributed by atoms with van der Waals surface area (Å²) in [5, 5.41) is 12.9. The summed E-state index contributed by atoms with van der Waals surface area (Å²) in [5.41, 5.74) is 0.850. The Bertz CT molecular complexity index is 713. The lowest BCUT2D eigenvalue weighted by Crippen LogP contribution is -2.50. The summed E-state index contributed by atoms with van der Waals surface area (Å²) in [7, 11) is 0. The van der Waals surface area contributed by atoms with Gasteiger partial charge in [0.05, 0.1) is 0 Å². The van der Waals surface area contributed by atoms with Crippen molar-refractivity contribution in [1.29, 1.82) is 0 Å². The second-order valence-electron chi connectivity index (χ2n) is 9.20. The number of aromatic hydroxyl groups is 1. The minimum absolute atomic E-state index is 0.0915. The Kier molecular flexibility index (Phi) is 12.1. The summed E-state index contributed by atoms with van der Waals surface area (Å²) >= 11 is 0. The first-order valence-corrected chi connectivity index (χ1v) is 12.4. The van der Waals surface area contributed by atoms with Gasteiger partial charge in [0, 0.05) is 24.6 Å². The third-order valence-electron chi connectivity index (χ3n) is 6.26. The molecule has 1 aliphatic heterocycles. The van der Waals surface area contributed by atoms with Crippen molar-refractivity contribution in [3.63, 3.8) is 0 Å². The number of ketones is 1. The van der Waals surface area contributed by atoms with Gasteiger partial charge in [0.1, 0.15) is 17.6 Å². The van der Waals surface area contributed by atoms with Crippen LogP contribution in [-0.4, -0.2) is 35.0 Å². The molecule has 5 nitrogen and oxygen atoms in total. The predicted molar refractivity (Wildman–Crippen MR) is 129 cm³/mol. The Balaban J connectivity index is 1.53. The quantitative estimate of drug-likeness (QED) is 0.211. The van der Waals surface area contributed by atoms with Gasteiger partial charge in [-0.2, -0.15) is 0 Å². The number of carbonyl (C=O) groups excluding carboxylic acids is 2. The zero-order valence-electron chi connectivity index (χ0n) is 19.9. The van der Waals surface area contributed by atoms with Crippen molar-refractivity contribution in [2.24, 2.45) is 0 Å². The molecule has 1 aromatic carbocycles. The van der Waals surface area contributed by atoms with Crippen molar-refractivity contribution >= 4 is 17.8 Å². The smallest absolute Gasteiger partial charge is 0.331 e. The topological polar surface area (TPSA) is 75.6 Å². The molecule has 2 rings (SSSR count). The molecule has 1 aromatic rings. The molecular formula is C27H41NO4. The summed E-state index contributed by atoms with van der Waals surface area (Å²) in [6, 6.07) is 7.37. The monoisotopic (exact) mass is 443 g/mol. The number of piperidine rings is 1. The Morgan fingerprint density at radius 3 is 2.25 bits per heavy atom. The summed E-state index contributed by atoms with van der Waals surface area (Å²) < 4.78 is 5.65. The van der Waals surface area contributed by atoms with E-state index in [4.69, 9.17) is 4.74 Å². The van der Waals surface area contributed by atoms with Gasteiger partial charge in [0.25, 0.3) is 0 Å². The minimum Gasteiger partial charge on any atom is -0.508 e. The molecular weight excluding hydrogens is 402 g/mol. The van der Waals surface area contributed by atoms with Crippen molar-refractivity contribution in [2.75, 3.05) is 0 Å². The van der Waals surface area contributed by atoms with E-state index in [2.05, 4.69) is 12.2 Å². The number of hydrogen-bond acceptors (Lipinski definition) is 5. The number of ether oxygens (including phenoxy) is 1. The van der Waals surface area contributed by atoms with Crippen LogP contribution in [0.3, 0.4) is 0 Å². The highest BCUT2D eigenvalue weighted by Crippen LogP contribution is 2.21. The summed E-state index contributed by atoms with van der Waals surface area (Å²) in [5.74, 6) is 0.192. The summed E-state index contributed by atoms with van der Waals surface area (Å²) in [6.45, 7) is 3.77. The fourth-order valence-corrected chi connectivity index (χ4v) is 4.33. The maximum absolute atomic E-state index is 12.2. The number of Topliss-reactive ketones (excluding diaryl/α,β-unsaturated/α-hetero) is 1. The van der Waals surface area contributed by atoms with Crippen LogP contribution < -0.4 is 5.32 Å². The Hall–Kier alpha value is -2.14. The van der Waals surface area contributed by atoms with Crippen molar-refractivity contribution in [2.45, 2.75) is 109 Å². The van der Waals surface area contributed by atoms with E-state index in [1.54, 1.807) is 37.3 Å². The van der Waals surface area contributed by atoms with Gasteiger partial charge >= 0.3 is 5.97 Å². The number of rotatable bonds is 14. The molecule has 0 radical (unpaired) electrons. The molecule has 1 heterocycles. The molecule has 0 amide bonds. The number of unbranched alkanes of at least 4 members (excludes halogenated alkanes) is 7. The largest absolute Gasteiger partial charge is 0.508 e. The van der Waals surface area contributed by atoms with Crippen molar-refractivity contribution in [3.8, 4) is 5.75 Å². The van der Waals surface area contributed by atoms with Gasteiger partial charge in [0.15, 0.2) is 0 Å². The maximum atomic E-state index is 12.2. The first-order valence-electron chi connectivity index (χ1n) is 12.4. The van der Waals surface area contributed by atoms with E-state index in [-0.39, 0.29) is 23.9 Å². The normalized spacial score (nSPS) is 21.0. The van der Waals surface area contributed by atoms with Gasteiger partial charge in [-0.3, -0.25) is 0 Å². The minimum atomic E-state index is -0.323. The van der Waals surface area contributed by atoms with Gasteiger partial charge < -0.3 is 20.0 Å². The lowest BCUT2D eigenvalue weighted by molar-refractivity contribution is -0.145. The Morgan fingerprint density at radius 1 is 1.00 bits per heavy atom. The van der Waals surface area contributed by atoms with Crippen molar-refractivity contribution in [3.05, 3.63) is 35.9 Å². The number of esters is 1. The van der Waals surface area contributed by atoms with Crippen LogP contribution in [-0.2, 0) is 14.3 Å². The highest BCUT2D eigenvalue weighted by atomic mass is 16.5. The first-order chi connectivity index (χ1) is 15.4. The SMILES string of the molecule is CC(=O)CCCCCCCCCC[C@H]1CC[C@@H](OC(=O)C=Cc2ccc(O)cc2)[C@H](C)N1. The molecule has 0 aromatic heterocycles. The van der Waals surface area contributed by atoms with Gasteiger partial charge in [0.2, 0.25) is 0 Å². The number of hydrogen-bond donors (Lipinski definition) is 2. The van der Waals surface area contributed by atoms with Gasteiger partial charge in [-0.05, 0) is 63.3 Å². The predicted octanol–water partition coefficient (Wildman–Crippen LogP) is 5.95. The van der Waals surface area contributed by atoms with Crippen LogP contribution in [0.25, 0.3) is 6.08 Å². The van der Waals surface area contributed by atoms with Crippen LogP contribution >= 0.6 is 0 Å². The number of nitrogens with one attached hydrogen (secondary N) is 1. The molecule has 3 atom stereocenters. The van der Waals surface area contributed by atoms with Crippen LogP contribution in [0.2, 0.25) is 0 Å². The third kappa shape index (κ3) is 10.9. The first kappa shape index (κ1) is 26.1. The summed E-state index contributed by atoms with van der Waals surface area (Å²) in [6.07, 6.45) is 16.8. The molecule has 0 bridgehead atoms. The summed E-state index contributed by atoms with van der Waals surface area (Å²) in [4.78, 5) is 23.1. The molecule has 0 spiro atoms. The van der Waals surface area contributed by atoms with E-state index in [1.165, 1.54) is 57.4 Å². The number of benzene rings is 1. The van der Waals surface area contributed by atoms with Crippen molar-refractivity contribution in [1.82, 2.24) is 5.32 Å². The zero-order valence-corrected chi connectivity index (χ0v) is 19.9. The van der Waals surface area contributed by atoms with Crippen LogP contribution in [0.5, 0.6) is 5.75 Å². The molecule has 2 N–H and O–H groups in total. The van der Waals surface area contributed by atoms with Crippen LogP contribution in [0, 0.1) is 0 Å². The van der Waals surface area contributed by atoms with E-state index >= 15 is 0 Å². The van der Waals surface area contributed by atoms with E-state index in [9.17, 15) is 14.7 Å². The fourth-order valence-electron chi connectivity index (χ4n) is 4.33. The molecule has 0 aliphatic carbocycles. The standard InChI is InChI=1S/C27H41NO4/c1-21(29)11-9-7-5-3-4-6-8-10-12-24-16-19-26(22(2)28-24)32-27(31)20-15-23-13-17-25(30)18-14-23/h13-15,17-18,20,22,24,26,28,30H,3-12,16,19H2,1-2H3/t22-,24-,26+/m0/s1. The molecule has 1 aliphatic rings. The van der Waals surface area contributed by atoms with Crippen LogP contribution in [0.4, 0.5) is 0 Å². The zero-order chi connectivity index (χ0) is 23.2. The Labute approximate surface area is 193 Å². The second-order valence-corrected chi connectivity index (χ2v) is 9.20. The van der Waals surface area contributed by atoms with Gasteiger partial charge in [-0.25, -0.2) is 4.79 Å². The molecule has 0 unspecified atom stereocenters.